The van der Waals surface area contributed by atoms with E-state index in [4.69, 9.17) is 0 Å². The lowest BCUT2D eigenvalue weighted by molar-refractivity contribution is 0.216. The van der Waals surface area contributed by atoms with Crippen LogP contribution in [0, 0.1) is 5.41 Å². The minimum atomic E-state index is 0.370. The summed E-state index contributed by atoms with van der Waals surface area (Å²) >= 11 is 4.26. The van der Waals surface area contributed by atoms with E-state index >= 15 is 0 Å². The minimum Gasteiger partial charge on any atom is -0.298 e. The molecule has 76 valence electrons. The van der Waals surface area contributed by atoms with Crippen LogP contribution in [0.1, 0.15) is 27.2 Å². The Kier molecular flexibility index (Phi) is 2.63. The highest BCUT2D eigenvalue weighted by Gasteiger charge is 2.50. The number of nitrogens with one attached hydrogen (secondary N) is 1. The zero-order chi connectivity index (χ0) is 9.53. The van der Waals surface area contributed by atoms with Gasteiger partial charge in [-0.15, -0.1) is 11.8 Å². The van der Waals surface area contributed by atoms with Crippen molar-refractivity contribution in [3.63, 3.8) is 0 Å². The van der Waals surface area contributed by atoms with E-state index < -0.39 is 0 Å². The highest BCUT2D eigenvalue weighted by molar-refractivity contribution is 8.04. The predicted octanol–water partition coefficient (Wildman–Crippen LogP) is 2.57. The Morgan fingerprint density at radius 1 is 1.38 bits per heavy atom. The SMILES string of the molecule is CC1CSC2(CSCCC2(C)C)N1. The summed E-state index contributed by atoms with van der Waals surface area (Å²) in [6.07, 6.45) is 1.35. The number of rotatable bonds is 0. The van der Waals surface area contributed by atoms with Gasteiger partial charge in [0.05, 0.1) is 4.87 Å². The molecular weight excluding hydrogens is 198 g/mol. The van der Waals surface area contributed by atoms with Gasteiger partial charge in [0.2, 0.25) is 0 Å². The summed E-state index contributed by atoms with van der Waals surface area (Å²) in [4.78, 5) is 0.370. The Hall–Kier alpha value is 0.660. The van der Waals surface area contributed by atoms with Crippen molar-refractivity contribution in [2.24, 2.45) is 5.41 Å². The van der Waals surface area contributed by atoms with Gasteiger partial charge < -0.3 is 0 Å². The number of hydrogen-bond acceptors (Lipinski definition) is 3. The van der Waals surface area contributed by atoms with Crippen LogP contribution in [0.3, 0.4) is 0 Å². The van der Waals surface area contributed by atoms with Crippen LogP contribution in [0.15, 0.2) is 0 Å². The topological polar surface area (TPSA) is 12.0 Å². The zero-order valence-electron chi connectivity index (χ0n) is 8.72. The van der Waals surface area contributed by atoms with Crippen molar-refractivity contribution in [3.8, 4) is 0 Å². The first-order valence-electron chi connectivity index (χ1n) is 5.05. The van der Waals surface area contributed by atoms with Crippen molar-refractivity contribution >= 4 is 23.5 Å². The van der Waals surface area contributed by atoms with E-state index in [1.54, 1.807) is 0 Å². The van der Waals surface area contributed by atoms with E-state index in [9.17, 15) is 0 Å². The molecule has 0 aromatic carbocycles. The van der Waals surface area contributed by atoms with E-state index in [0.29, 0.717) is 16.3 Å². The van der Waals surface area contributed by atoms with E-state index in [2.05, 4.69) is 49.6 Å². The third-order valence-corrected chi connectivity index (χ3v) is 6.62. The van der Waals surface area contributed by atoms with Crippen molar-refractivity contribution in [2.75, 3.05) is 17.3 Å². The third-order valence-electron chi connectivity index (χ3n) is 3.33. The molecule has 0 aromatic heterocycles. The summed E-state index contributed by atoms with van der Waals surface area (Å²) < 4.78 is 0. The van der Waals surface area contributed by atoms with Crippen LogP contribution in [-0.2, 0) is 0 Å². The normalized spacial score (nSPS) is 44.1. The molecule has 0 aliphatic carbocycles. The summed E-state index contributed by atoms with van der Waals surface area (Å²) in [6.45, 7) is 7.15. The molecule has 2 aliphatic rings. The summed E-state index contributed by atoms with van der Waals surface area (Å²) in [7, 11) is 0. The number of hydrogen-bond donors (Lipinski definition) is 1. The molecule has 0 radical (unpaired) electrons. The van der Waals surface area contributed by atoms with Gasteiger partial charge in [-0.1, -0.05) is 13.8 Å². The predicted molar refractivity (Wildman–Crippen MR) is 63.5 cm³/mol. The second kappa shape index (κ2) is 3.35. The van der Waals surface area contributed by atoms with Gasteiger partial charge in [-0.05, 0) is 24.5 Å². The van der Waals surface area contributed by atoms with E-state index in [1.165, 1.54) is 23.7 Å². The first-order valence-corrected chi connectivity index (χ1v) is 7.19. The largest absolute Gasteiger partial charge is 0.298 e. The maximum absolute atomic E-state index is 3.80. The van der Waals surface area contributed by atoms with Crippen LogP contribution >= 0.6 is 23.5 Å². The lowest BCUT2D eigenvalue weighted by atomic mass is 9.81. The van der Waals surface area contributed by atoms with Crippen molar-refractivity contribution in [2.45, 2.75) is 38.1 Å². The molecule has 1 spiro atoms. The first kappa shape index (κ1) is 10.2. The van der Waals surface area contributed by atoms with E-state index in [0.717, 1.165) is 0 Å². The number of thioether (sulfide) groups is 2. The Morgan fingerprint density at radius 3 is 2.69 bits per heavy atom. The van der Waals surface area contributed by atoms with Gasteiger partial charge in [0, 0.05) is 17.5 Å². The monoisotopic (exact) mass is 217 g/mol. The van der Waals surface area contributed by atoms with Gasteiger partial charge in [-0.3, -0.25) is 5.32 Å². The maximum Gasteiger partial charge on any atom is 0.0791 e. The molecule has 2 aliphatic heterocycles. The minimum absolute atomic E-state index is 0.370. The maximum atomic E-state index is 3.80. The summed E-state index contributed by atoms with van der Waals surface area (Å²) in [5.41, 5.74) is 0.466. The van der Waals surface area contributed by atoms with Crippen molar-refractivity contribution in [3.05, 3.63) is 0 Å². The second-order valence-electron chi connectivity index (χ2n) is 4.87. The fourth-order valence-corrected chi connectivity index (χ4v) is 5.70. The molecule has 0 bridgehead atoms. The summed E-state index contributed by atoms with van der Waals surface area (Å²) in [5, 5.41) is 3.80. The molecule has 2 rings (SSSR count). The standard InChI is InChI=1S/C10H19NS2/c1-8-6-13-10(11-8)7-12-5-4-9(10,2)3/h8,11H,4-7H2,1-3H3. The quantitative estimate of drug-likeness (QED) is 0.670. The van der Waals surface area contributed by atoms with Crippen LogP contribution in [0.2, 0.25) is 0 Å². The third kappa shape index (κ3) is 1.64. The second-order valence-corrected chi connectivity index (χ2v) is 7.29. The van der Waals surface area contributed by atoms with Crippen molar-refractivity contribution in [1.29, 1.82) is 0 Å². The first-order chi connectivity index (χ1) is 6.06. The molecule has 1 N–H and O–H groups in total. The van der Waals surface area contributed by atoms with Gasteiger partial charge in [-0.25, -0.2) is 0 Å². The molecule has 2 fully saturated rings. The highest BCUT2D eigenvalue weighted by Crippen LogP contribution is 2.51. The van der Waals surface area contributed by atoms with Crippen LogP contribution in [0.25, 0.3) is 0 Å². The molecular formula is C10H19NS2. The van der Waals surface area contributed by atoms with Crippen molar-refractivity contribution < 1.29 is 0 Å². The fraction of sp³-hybridized carbons (Fsp3) is 1.00. The highest BCUT2D eigenvalue weighted by atomic mass is 32.2. The molecule has 2 heterocycles. The zero-order valence-corrected chi connectivity index (χ0v) is 10.4. The fourth-order valence-electron chi connectivity index (χ4n) is 2.16. The molecule has 0 aromatic rings. The molecule has 0 saturated carbocycles. The van der Waals surface area contributed by atoms with Gasteiger partial charge in [0.15, 0.2) is 0 Å². The Labute approximate surface area is 89.8 Å². The molecule has 13 heavy (non-hydrogen) atoms. The van der Waals surface area contributed by atoms with Gasteiger partial charge >= 0.3 is 0 Å². The summed E-state index contributed by atoms with van der Waals surface area (Å²) in [6, 6.07) is 0.697. The Morgan fingerprint density at radius 2 is 2.15 bits per heavy atom. The van der Waals surface area contributed by atoms with Gasteiger partial charge in [-0.2, -0.15) is 11.8 Å². The average molecular weight is 217 g/mol. The molecule has 0 amide bonds. The van der Waals surface area contributed by atoms with E-state index in [-0.39, 0.29) is 0 Å². The van der Waals surface area contributed by atoms with Gasteiger partial charge in [0.1, 0.15) is 0 Å². The van der Waals surface area contributed by atoms with Crippen LogP contribution < -0.4 is 5.32 Å². The van der Waals surface area contributed by atoms with Crippen LogP contribution in [0.5, 0.6) is 0 Å². The lowest BCUT2D eigenvalue weighted by Crippen LogP contribution is -2.56. The van der Waals surface area contributed by atoms with Crippen LogP contribution in [-0.4, -0.2) is 28.2 Å². The van der Waals surface area contributed by atoms with Gasteiger partial charge in [0.25, 0.3) is 0 Å². The average Bonchev–Trinajstić information content (AvgIpc) is 2.41. The van der Waals surface area contributed by atoms with Crippen molar-refractivity contribution in [1.82, 2.24) is 5.32 Å². The molecule has 3 heteroatoms. The molecule has 1 nitrogen and oxygen atoms in total. The summed E-state index contributed by atoms with van der Waals surface area (Å²) in [5.74, 6) is 3.91. The van der Waals surface area contributed by atoms with Crippen LogP contribution in [0.4, 0.5) is 0 Å². The van der Waals surface area contributed by atoms with E-state index in [1.807, 2.05) is 0 Å². The smallest absolute Gasteiger partial charge is 0.0791 e. The Bertz CT molecular complexity index is 201. The molecule has 2 saturated heterocycles. The Balaban J connectivity index is 2.19. The molecule has 2 unspecified atom stereocenters. The molecule has 2 atom stereocenters. The lowest BCUT2D eigenvalue weighted by Gasteiger charge is -2.47.